The van der Waals surface area contributed by atoms with Gasteiger partial charge in [-0.15, -0.1) is 0 Å². The van der Waals surface area contributed by atoms with E-state index in [4.69, 9.17) is 4.74 Å². The first kappa shape index (κ1) is 22.9. The zero-order valence-electron chi connectivity index (χ0n) is 17.2. The number of nitrogens with one attached hydrogen (secondary N) is 2. The second-order valence-corrected chi connectivity index (χ2v) is 7.43. The smallest absolute Gasteiger partial charge is 0.413 e. The molecule has 8 nitrogen and oxygen atoms in total. The van der Waals surface area contributed by atoms with Gasteiger partial charge in [-0.3, -0.25) is 19.5 Å². The molecule has 0 aliphatic heterocycles. The molecule has 0 aliphatic carbocycles. The quantitative estimate of drug-likeness (QED) is 0.440. The van der Waals surface area contributed by atoms with Crippen molar-refractivity contribution in [3.8, 4) is 0 Å². The van der Waals surface area contributed by atoms with E-state index in [2.05, 4.69) is 24.1 Å². The van der Waals surface area contributed by atoms with E-state index >= 15 is 0 Å². The van der Waals surface area contributed by atoms with Gasteiger partial charge < -0.3 is 9.64 Å². The maximum absolute atomic E-state index is 13.0. The van der Waals surface area contributed by atoms with Gasteiger partial charge in [0.2, 0.25) is 5.91 Å². The number of aromatic nitrogens is 2. The summed E-state index contributed by atoms with van der Waals surface area (Å²) in [6.45, 7) is 9.71. The Morgan fingerprint density at radius 2 is 1.93 bits per heavy atom. The number of amides is 2. The Balaban J connectivity index is 2.19. The molecule has 0 spiro atoms. The number of carbonyl (C=O) groups is 2. The topological polar surface area (TPSA) is 94.7 Å². The third kappa shape index (κ3) is 6.57. The molecule has 1 aromatic heterocycles. The molecule has 0 radical (unpaired) electrons. The van der Waals surface area contributed by atoms with Crippen molar-refractivity contribution >= 4 is 34.7 Å². The van der Waals surface area contributed by atoms with Crippen LogP contribution in [0.5, 0.6) is 0 Å². The second-order valence-electron chi connectivity index (χ2n) is 6.49. The number of carbonyl (C=O) groups excluding carboxylic acids is 2. The molecule has 2 aromatic rings. The number of rotatable bonds is 10. The standard InChI is InChI=1S/C20H28N4O4S/c1-4-23(5-2)12-9-13-24-18(26)15-10-7-8-11-16(15)21-19(24)29-14-17(25)22-20(27)28-6-3/h7-8,10-11H,4-6,9,12-14H2,1-3H3,(H,22,25,27)/p+1. The summed E-state index contributed by atoms with van der Waals surface area (Å²) in [6, 6.07) is 7.18. The minimum absolute atomic E-state index is 0.0368. The van der Waals surface area contributed by atoms with Gasteiger partial charge in [0, 0.05) is 13.0 Å². The predicted molar refractivity (Wildman–Crippen MR) is 113 cm³/mol. The number of imide groups is 1. The Hall–Kier alpha value is -2.39. The third-order valence-electron chi connectivity index (χ3n) is 4.59. The van der Waals surface area contributed by atoms with Gasteiger partial charge in [-0.05, 0) is 32.9 Å². The minimum atomic E-state index is -0.774. The maximum Gasteiger partial charge on any atom is 0.413 e. The summed E-state index contributed by atoms with van der Waals surface area (Å²) in [6.07, 6.45) is 0.0589. The van der Waals surface area contributed by atoms with Gasteiger partial charge in [0.1, 0.15) is 0 Å². The van der Waals surface area contributed by atoms with Crippen LogP contribution >= 0.6 is 11.8 Å². The molecule has 1 aromatic carbocycles. The molecule has 0 aliphatic rings. The molecule has 0 fully saturated rings. The molecule has 0 bridgehead atoms. The lowest BCUT2D eigenvalue weighted by atomic mass is 10.2. The molecular formula is C20H29N4O4S+. The van der Waals surface area contributed by atoms with Crippen LogP contribution in [0.25, 0.3) is 10.9 Å². The first-order valence-corrected chi connectivity index (χ1v) is 10.9. The summed E-state index contributed by atoms with van der Waals surface area (Å²) < 4.78 is 6.34. The Labute approximate surface area is 174 Å². The highest BCUT2D eigenvalue weighted by Gasteiger charge is 2.15. The minimum Gasteiger partial charge on any atom is -0.450 e. The van der Waals surface area contributed by atoms with Gasteiger partial charge in [-0.25, -0.2) is 9.78 Å². The van der Waals surface area contributed by atoms with Crippen LogP contribution in [-0.4, -0.2) is 53.5 Å². The second kappa shape index (κ2) is 11.6. The van der Waals surface area contributed by atoms with Crippen LogP contribution < -0.4 is 15.8 Å². The molecule has 2 rings (SSSR count). The van der Waals surface area contributed by atoms with Gasteiger partial charge in [0.25, 0.3) is 5.56 Å². The normalized spacial score (nSPS) is 11.0. The van der Waals surface area contributed by atoms with Crippen molar-refractivity contribution in [3.05, 3.63) is 34.6 Å². The highest BCUT2D eigenvalue weighted by atomic mass is 32.2. The van der Waals surface area contributed by atoms with Crippen molar-refractivity contribution in [2.45, 2.75) is 38.9 Å². The van der Waals surface area contributed by atoms with Crippen LogP contribution in [-0.2, 0) is 16.1 Å². The summed E-state index contributed by atoms with van der Waals surface area (Å²) in [5.41, 5.74) is 0.481. The molecular weight excluding hydrogens is 392 g/mol. The third-order valence-corrected chi connectivity index (χ3v) is 5.56. The van der Waals surface area contributed by atoms with Gasteiger partial charge in [0.05, 0.1) is 42.9 Å². The Morgan fingerprint density at radius 3 is 2.62 bits per heavy atom. The van der Waals surface area contributed by atoms with Gasteiger partial charge in [-0.2, -0.15) is 0 Å². The van der Waals surface area contributed by atoms with Crippen molar-refractivity contribution in [3.63, 3.8) is 0 Å². The molecule has 0 saturated carbocycles. The van der Waals surface area contributed by atoms with Crippen LogP contribution in [0, 0.1) is 0 Å². The molecule has 0 saturated heterocycles. The summed E-state index contributed by atoms with van der Waals surface area (Å²) in [4.78, 5) is 42.4. The number of para-hydroxylation sites is 1. The van der Waals surface area contributed by atoms with Crippen LogP contribution in [0.3, 0.4) is 0 Å². The van der Waals surface area contributed by atoms with Crippen molar-refractivity contribution in [2.75, 3.05) is 32.0 Å². The molecule has 2 amide bonds. The fourth-order valence-corrected chi connectivity index (χ4v) is 3.82. The number of ether oxygens (including phenoxy) is 1. The molecule has 1 heterocycles. The number of nitrogens with zero attached hydrogens (tertiary/aromatic N) is 2. The van der Waals surface area contributed by atoms with E-state index in [1.807, 2.05) is 12.1 Å². The maximum atomic E-state index is 13.0. The van der Waals surface area contributed by atoms with Crippen LogP contribution in [0.15, 0.2) is 34.2 Å². The lowest BCUT2D eigenvalue weighted by molar-refractivity contribution is -0.896. The van der Waals surface area contributed by atoms with Crippen molar-refractivity contribution in [2.24, 2.45) is 0 Å². The number of fused-ring (bicyclic) bond motifs is 1. The first-order valence-electron chi connectivity index (χ1n) is 9.92. The van der Waals surface area contributed by atoms with E-state index in [0.717, 1.165) is 37.8 Å². The molecule has 0 atom stereocenters. The SMILES string of the molecule is CCOC(=O)NC(=O)CSc1nc2ccccc2c(=O)n1CCC[NH+](CC)CC. The average Bonchev–Trinajstić information content (AvgIpc) is 2.71. The average molecular weight is 422 g/mol. The lowest BCUT2D eigenvalue weighted by Crippen LogP contribution is -3.11. The lowest BCUT2D eigenvalue weighted by Gasteiger charge is -2.17. The number of hydrogen-bond donors (Lipinski definition) is 2. The zero-order valence-corrected chi connectivity index (χ0v) is 18.0. The number of hydrogen-bond acceptors (Lipinski definition) is 6. The summed E-state index contributed by atoms with van der Waals surface area (Å²) in [5, 5.41) is 3.19. The summed E-state index contributed by atoms with van der Waals surface area (Å²) in [7, 11) is 0. The summed E-state index contributed by atoms with van der Waals surface area (Å²) >= 11 is 1.14. The highest BCUT2D eigenvalue weighted by Crippen LogP contribution is 2.18. The highest BCUT2D eigenvalue weighted by molar-refractivity contribution is 7.99. The van der Waals surface area contributed by atoms with Crippen LogP contribution in [0.1, 0.15) is 27.2 Å². The van der Waals surface area contributed by atoms with Crippen LogP contribution in [0.4, 0.5) is 4.79 Å². The van der Waals surface area contributed by atoms with Gasteiger partial charge >= 0.3 is 6.09 Å². The molecule has 158 valence electrons. The molecule has 0 unspecified atom stereocenters. The Morgan fingerprint density at radius 1 is 1.21 bits per heavy atom. The zero-order chi connectivity index (χ0) is 21.2. The molecule has 29 heavy (non-hydrogen) atoms. The van der Waals surface area contributed by atoms with E-state index in [9.17, 15) is 14.4 Å². The number of benzene rings is 1. The van der Waals surface area contributed by atoms with E-state index in [1.165, 1.54) is 4.90 Å². The van der Waals surface area contributed by atoms with Crippen LogP contribution in [0.2, 0.25) is 0 Å². The van der Waals surface area contributed by atoms with Crippen molar-refractivity contribution in [1.29, 1.82) is 0 Å². The largest absolute Gasteiger partial charge is 0.450 e. The van der Waals surface area contributed by atoms with E-state index in [0.29, 0.717) is 22.6 Å². The molecule has 2 N–H and O–H groups in total. The predicted octanol–water partition coefficient (Wildman–Crippen LogP) is 1.08. The number of thioether (sulfide) groups is 1. The van der Waals surface area contributed by atoms with E-state index in [-0.39, 0.29) is 17.9 Å². The van der Waals surface area contributed by atoms with Gasteiger partial charge in [0.15, 0.2) is 5.16 Å². The monoisotopic (exact) mass is 421 g/mol. The van der Waals surface area contributed by atoms with E-state index < -0.39 is 12.0 Å². The van der Waals surface area contributed by atoms with Gasteiger partial charge in [-0.1, -0.05) is 23.9 Å². The Kier molecular flexibility index (Phi) is 9.14. The Bertz CT molecular complexity index is 896. The first-order chi connectivity index (χ1) is 14.0. The number of alkyl carbamates (subject to hydrolysis) is 1. The molecule has 9 heteroatoms. The van der Waals surface area contributed by atoms with Crippen molar-refractivity contribution in [1.82, 2.24) is 14.9 Å². The van der Waals surface area contributed by atoms with E-state index in [1.54, 1.807) is 23.6 Å². The fraction of sp³-hybridized carbons (Fsp3) is 0.500. The summed E-state index contributed by atoms with van der Waals surface area (Å²) in [5.74, 6) is -0.528. The number of quaternary nitrogens is 1. The van der Waals surface area contributed by atoms with Crippen molar-refractivity contribution < 1.29 is 19.2 Å². The fourth-order valence-electron chi connectivity index (χ4n) is 2.99.